The van der Waals surface area contributed by atoms with Gasteiger partial charge in [0.05, 0.1) is 37.2 Å². The molecule has 1 fully saturated rings. The predicted octanol–water partition coefficient (Wildman–Crippen LogP) is 2.90. The first-order valence-electron chi connectivity index (χ1n) is 12.0. The number of hydrogen-bond donors (Lipinski definition) is 2. The number of carbonyl (C=O) groups is 2. The molecule has 0 spiro atoms. The van der Waals surface area contributed by atoms with Crippen molar-refractivity contribution in [3.05, 3.63) is 83.3 Å². The Hall–Kier alpha value is -3.62. The summed E-state index contributed by atoms with van der Waals surface area (Å²) >= 11 is 0. The van der Waals surface area contributed by atoms with Crippen LogP contribution in [0.25, 0.3) is 0 Å². The Kier molecular flexibility index (Phi) is 7.11. The van der Waals surface area contributed by atoms with Gasteiger partial charge in [-0.05, 0) is 41.5 Å². The number of rotatable bonds is 8. The molecule has 3 aromatic rings. The van der Waals surface area contributed by atoms with Crippen LogP contribution in [-0.2, 0) is 24.3 Å². The van der Waals surface area contributed by atoms with Gasteiger partial charge in [-0.3, -0.25) is 19.4 Å². The molecule has 0 aliphatic carbocycles. The smallest absolute Gasteiger partial charge is 0.253 e. The highest BCUT2D eigenvalue weighted by atomic mass is 16.5. The highest BCUT2D eigenvalue weighted by Gasteiger charge is 2.21. The van der Waals surface area contributed by atoms with Gasteiger partial charge in [0.1, 0.15) is 11.5 Å². The second kappa shape index (κ2) is 10.8. The molecule has 0 unspecified atom stereocenters. The monoisotopic (exact) mass is 474 g/mol. The molecule has 1 saturated heterocycles. The molecular weight excluding hydrogens is 444 g/mol. The van der Waals surface area contributed by atoms with Crippen LogP contribution in [0.15, 0.2) is 65.3 Å². The van der Waals surface area contributed by atoms with Crippen LogP contribution in [-0.4, -0.2) is 60.9 Å². The van der Waals surface area contributed by atoms with Gasteiger partial charge in [-0.15, -0.1) is 0 Å². The Morgan fingerprint density at radius 3 is 2.60 bits per heavy atom. The lowest BCUT2D eigenvalue weighted by molar-refractivity contribution is -0.117. The highest BCUT2D eigenvalue weighted by Crippen LogP contribution is 2.26. The molecule has 35 heavy (non-hydrogen) atoms. The number of fused-ring (bicyclic) bond motifs is 1. The van der Waals surface area contributed by atoms with Crippen LogP contribution >= 0.6 is 0 Å². The van der Waals surface area contributed by atoms with E-state index in [4.69, 9.17) is 9.15 Å². The number of anilines is 1. The summed E-state index contributed by atoms with van der Waals surface area (Å²) in [6, 6.07) is 17.1. The molecule has 2 N–H and O–H groups in total. The maximum Gasteiger partial charge on any atom is 0.253 e. The fourth-order valence-corrected chi connectivity index (χ4v) is 4.56. The number of amides is 2. The van der Waals surface area contributed by atoms with E-state index in [1.165, 1.54) is 11.1 Å². The second-order valence-corrected chi connectivity index (χ2v) is 8.95. The van der Waals surface area contributed by atoms with E-state index in [0.29, 0.717) is 23.6 Å². The van der Waals surface area contributed by atoms with Crippen LogP contribution in [0, 0.1) is 0 Å². The van der Waals surface area contributed by atoms with E-state index in [-0.39, 0.29) is 18.4 Å². The minimum Gasteiger partial charge on any atom is -0.493 e. The average Bonchev–Trinajstić information content (AvgIpc) is 3.56. The molecule has 2 aliphatic heterocycles. The molecular formula is C27H30N4O4. The van der Waals surface area contributed by atoms with Crippen molar-refractivity contribution in [1.29, 1.82) is 0 Å². The van der Waals surface area contributed by atoms with Crippen LogP contribution in [0.2, 0.25) is 0 Å². The Balaban J connectivity index is 1.09. The summed E-state index contributed by atoms with van der Waals surface area (Å²) in [6.45, 7) is 5.75. The molecule has 0 bridgehead atoms. The number of nitrogens with one attached hydrogen (secondary N) is 2. The summed E-state index contributed by atoms with van der Waals surface area (Å²) < 4.78 is 10.9. The van der Waals surface area contributed by atoms with Crippen molar-refractivity contribution in [2.45, 2.75) is 19.5 Å². The third-order valence-corrected chi connectivity index (χ3v) is 6.44. The largest absolute Gasteiger partial charge is 0.493 e. The molecule has 0 radical (unpaired) electrons. The number of para-hydroxylation sites is 1. The molecule has 8 heteroatoms. The van der Waals surface area contributed by atoms with Gasteiger partial charge in [-0.25, -0.2) is 0 Å². The van der Waals surface area contributed by atoms with Gasteiger partial charge >= 0.3 is 0 Å². The van der Waals surface area contributed by atoms with E-state index in [1.807, 2.05) is 6.07 Å². The Labute approximate surface area is 204 Å². The van der Waals surface area contributed by atoms with Gasteiger partial charge in [0.15, 0.2) is 0 Å². The van der Waals surface area contributed by atoms with E-state index < -0.39 is 0 Å². The van der Waals surface area contributed by atoms with Crippen LogP contribution in [0.4, 0.5) is 5.69 Å². The first kappa shape index (κ1) is 23.1. The fourth-order valence-electron chi connectivity index (χ4n) is 4.56. The van der Waals surface area contributed by atoms with Crippen LogP contribution in [0.1, 0.15) is 27.2 Å². The summed E-state index contributed by atoms with van der Waals surface area (Å²) in [5.74, 6) is 1.30. The van der Waals surface area contributed by atoms with Crippen molar-refractivity contribution in [2.24, 2.45) is 0 Å². The normalized spacial score (nSPS) is 15.9. The van der Waals surface area contributed by atoms with Gasteiger partial charge in [0, 0.05) is 39.1 Å². The third kappa shape index (κ3) is 5.90. The quantitative estimate of drug-likeness (QED) is 0.522. The summed E-state index contributed by atoms with van der Waals surface area (Å²) in [5, 5.41) is 5.74. The van der Waals surface area contributed by atoms with Crippen molar-refractivity contribution in [3.63, 3.8) is 0 Å². The van der Waals surface area contributed by atoms with Gasteiger partial charge in [-0.2, -0.15) is 0 Å². The molecule has 2 aliphatic rings. The molecule has 2 aromatic carbocycles. The van der Waals surface area contributed by atoms with Crippen LogP contribution < -0.4 is 15.4 Å². The summed E-state index contributed by atoms with van der Waals surface area (Å²) in [5.41, 5.74) is 3.54. The topological polar surface area (TPSA) is 87.0 Å². The molecule has 8 nitrogen and oxygen atoms in total. The molecule has 5 rings (SSSR count). The number of nitrogens with zero attached hydrogens (tertiary/aromatic N) is 2. The first-order valence-corrected chi connectivity index (χ1v) is 12.0. The number of benzene rings is 2. The van der Waals surface area contributed by atoms with Gasteiger partial charge in [0.25, 0.3) is 5.91 Å². The molecule has 182 valence electrons. The predicted molar refractivity (Wildman–Crippen MR) is 132 cm³/mol. The molecule has 2 amide bonds. The first-order chi connectivity index (χ1) is 17.1. The fraction of sp³-hybridized carbons (Fsp3) is 0.333. The summed E-state index contributed by atoms with van der Waals surface area (Å²) in [4.78, 5) is 30.0. The van der Waals surface area contributed by atoms with Crippen molar-refractivity contribution in [1.82, 2.24) is 15.1 Å². The Bertz CT molecular complexity index is 1170. The number of carbonyl (C=O) groups excluding carboxylic acids is 2. The highest BCUT2D eigenvalue weighted by molar-refractivity contribution is 6.04. The van der Waals surface area contributed by atoms with Gasteiger partial charge in [0.2, 0.25) is 5.91 Å². The zero-order valence-corrected chi connectivity index (χ0v) is 19.7. The Morgan fingerprint density at radius 2 is 1.77 bits per heavy atom. The molecule has 0 atom stereocenters. The second-order valence-electron chi connectivity index (χ2n) is 8.95. The van der Waals surface area contributed by atoms with E-state index in [2.05, 4.69) is 38.6 Å². The van der Waals surface area contributed by atoms with E-state index in [1.54, 1.807) is 36.6 Å². The van der Waals surface area contributed by atoms with E-state index >= 15 is 0 Å². The Morgan fingerprint density at radius 1 is 0.943 bits per heavy atom. The average molecular weight is 475 g/mol. The maximum absolute atomic E-state index is 12.8. The lowest BCUT2D eigenvalue weighted by Crippen LogP contribution is -2.48. The molecule has 1 aromatic heterocycles. The van der Waals surface area contributed by atoms with Crippen molar-refractivity contribution < 1.29 is 18.7 Å². The number of furan rings is 1. The standard InChI is InChI=1S/C27H30N4O4/c32-26(29-24-6-2-1-5-23(24)27(33)28-17-22-4-3-14-34-22)19-31-12-10-30(11-13-31)18-20-7-8-25-21(16-20)9-15-35-25/h1-8,14,16H,9-13,15,17-19H2,(H,28,33)(H,29,32). The van der Waals surface area contributed by atoms with Crippen molar-refractivity contribution in [3.8, 4) is 5.75 Å². The van der Waals surface area contributed by atoms with Gasteiger partial charge < -0.3 is 19.8 Å². The zero-order valence-electron chi connectivity index (χ0n) is 19.7. The minimum absolute atomic E-state index is 0.122. The van der Waals surface area contributed by atoms with E-state index in [9.17, 15) is 9.59 Å². The van der Waals surface area contributed by atoms with Crippen LogP contribution in [0.3, 0.4) is 0 Å². The lowest BCUT2D eigenvalue weighted by Gasteiger charge is -2.34. The minimum atomic E-state index is -0.260. The number of piperazine rings is 1. The molecule has 3 heterocycles. The summed E-state index contributed by atoms with van der Waals surface area (Å²) in [7, 11) is 0. The SMILES string of the molecule is O=C(CN1CCN(Cc2ccc3c(c2)CCO3)CC1)Nc1ccccc1C(=O)NCc1ccco1. The third-order valence-electron chi connectivity index (χ3n) is 6.44. The van der Waals surface area contributed by atoms with Crippen molar-refractivity contribution in [2.75, 3.05) is 44.6 Å². The zero-order chi connectivity index (χ0) is 24.0. The maximum atomic E-state index is 12.8. The van der Waals surface area contributed by atoms with Gasteiger partial charge in [-0.1, -0.05) is 24.3 Å². The van der Waals surface area contributed by atoms with Crippen molar-refractivity contribution >= 4 is 17.5 Å². The van der Waals surface area contributed by atoms with Crippen LogP contribution in [0.5, 0.6) is 5.75 Å². The number of hydrogen-bond acceptors (Lipinski definition) is 6. The molecule has 0 saturated carbocycles. The summed E-state index contributed by atoms with van der Waals surface area (Å²) in [6.07, 6.45) is 2.55. The van der Waals surface area contributed by atoms with E-state index in [0.717, 1.165) is 51.5 Å². The number of ether oxygens (including phenoxy) is 1. The lowest BCUT2D eigenvalue weighted by atomic mass is 10.1.